The summed E-state index contributed by atoms with van der Waals surface area (Å²) in [6.45, 7) is 2.15. The van der Waals surface area contributed by atoms with Crippen LogP contribution < -0.4 is 10.9 Å². The quantitative estimate of drug-likeness (QED) is 0.780. The van der Waals surface area contributed by atoms with Gasteiger partial charge >= 0.3 is 0 Å². The average Bonchev–Trinajstić information content (AvgIpc) is 2.58. The summed E-state index contributed by atoms with van der Waals surface area (Å²) >= 11 is 3.30. The highest BCUT2D eigenvalue weighted by molar-refractivity contribution is 9.10. The first-order valence-corrected chi connectivity index (χ1v) is 8.35. The molecule has 0 aliphatic rings. The second kappa shape index (κ2) is 8.48. The van der Waals surface area contributed by atoms with Gasteiger partial charge in [0.05, 0.1) is 5.56 Å². The molecule has 23 heavy (non-hydrogen) atoms. The van der Waals surface area contributed by atoms with E-state index in [1.165, 1.54) is 5.56 Å². The topological polar surface area (TPSA) is 58.2 Å². The Kier molecular flexibility index (Phi) is 6.35. The Labute approximate surface area is 144 Å². The molecule has 0 saturated carbocycles. The van der Waals surface area contributed by atoms with Gasteiger partial charge in [-0.1, -0.05) is 37.6 Å². The Balaban J connectivity index is 1.92. The molecule has 0 saturated heterocycles. The minimum Gasteiger partial charge on any atom is -0.267 e. The van der Waals surface area contributed by atoms with E-state index in [1.54, 1.807) is 30.3 Å². The molecular formula is C18H19BrN2O2. The van der Waals surface area contributed by atoms with E-state index in [9.17, 15) is 9.59 Å². The molecule has 0 bridgehead atoms. The molecule has 0 fully saturated rings. The van der Waals surface area contributed by atoms with Gasteiger partial charge in [-0.05, 0) is 58.6 Å². The summed E-state index contributed by atoms with van der Waals surface area (Å²) in [5, 5.41) is 0. The van der Waals surface area contributed by atoms with Crippen LogP contribution in [0.2, 0.25) is 0 Å². The fraction of sp³-hybridized carbons (Fsp3) is 0.222. The number of rotatable bonds is 5. The summed E-state index contributed by atoms with van der Waals surface area (Å²) in [5.41, 5.74) is 7.03. The maximum atomic E-state index is 12.1. The standard InChI is InChI=1S/C18H19BrN2O2/c1-2-3-6-13-9-11-14(12-10-13)17(22)20-21-18(23)15-7-4-5-8-16(15)19/h4-5,7-12H,2-3,6H2,1H3,(H,20,22)(H,21,23). The number of benzene rings is 2. The summed E-state index contributed by atoms with van der Waals surface area (Å²) in [4.78, 5) is 24.1. The van der Waals surface area contributed by atoms with E-state index in [4.69, 9.17) is 0 Å². The molecule has 0 aliphatic heterocycles. The van der Waals surface area contributed by atoms with Gasteiger partial charge < -0.3 is 0 Å². The largest absolute Gasteiger partial charge is 0.270 e. The van der Waals surface area contributed by atoms with Crippen LogP contribution in [0.1, 0.15) is 46.0 Å². The molecule has 0 aliphatic carbocycles. The zero-order valence-electron chi connectivity index (χ0n) is 12.9. The van der Waals surface area contributed by atoms with E-state index >= 15 is 0 Å². The fourth-order valence-corrected chi connectivity index (χ4v) is 2.57. The van der Waals surface area contributed by atoms with Crippen molar-refractivity contribution in [2.45, 2.75) is 26.2 Å². The third kappa shape index (κ3) is 4.93. The van der Waals surface area contributed by atoms with Crippen molar-refractivity contribution in [1.29, 1.82) is 0 Å². The van der Waals surface area contributed by atoms with Gasteiger partial charge in [0.2, 0.25) is 0 Å². The van der Waals surface area contributed by atoms with Crippen molar-refractivity contribution in [1.82, 2.24) is 10.9 Å². The van der Waals surface area contributed by atoms with Crippen LogP contribution in [0.5, 0.6) is 0 Å². The first-order valence-electron chi connectivity index (χ1n) is 7.56. The lowest BCUT2D eigenvalue weighted by Crippen LogP contribution is -2.41. The van der Waals surface area contributed by atoms with Crippen molar-refractivity contribution >= 4 is 27.7 Å². The predicted molar refractivity (Wildman–Crippen MR) is 94.1 cm³/mol. The molecule has 0 spiro atoms. The molecule has 0 radical (unpaired) electrons. The van der Waals surface area contributed by atoms with Gasteiger partial charge in [0.25, 0.3) is 11.8 Å². The Bertz CT molecular complexity index is 684. The van der Waals surface area contributed by atoms with E-state index in [0.29, 0.717) is 15.6 Å². The van der Waals surface area contributed by atoms with Gasteiger partial charge in [-0.3, -0.25) is 20.4 Å². The van der Waals surface area contributed by atoms with Crippen LogP contribution in [0, 0.1) is 0 Å². The zero-order chi connectivity index (χ0) is 16.7. The number of aryl methyl sites for hydroxylation is 1. The van der Waals surface area contributed by atoms with Crippen molar-refractivity contribution in [3.05, 3.63) is 69.7 Å². The van der Waals surface area contributed by atoms with Crippen molar-refractivity contribution < 1.29 is 9.59 Å². The molecule has 0 unspecified atom stereocenters. The highest BCUT2D eigenvalue weighted by atomic mass is 79.9. The Hall–Kier alpha value is -2.14. The Morgan fingerprint density at radius 1 is 0.957 bits per heavy atom. The molecular weight excluding hydrogens is 356 g/mol. The molecule has 4 nitrogen and oxygen atoms in total. The van der Waals surface area contributed by atoms with Gasteiger partial charge in [-0.2, -0.15) is 0 Å². The number of carbonyl (C=O) groups is 2. The highest BCUT2D eigenvalue weighted by Gasteiger charge is 2.11. The summed E-state index contributed by atoms with van der Waals surface area (Å²) in [5.74, 6) is -0.710. The lowest BCUT2D eigenvalue weighted by Gasteiger charge is -2.09. The van der Waals surface area contributed by atoms with E-state index in [2.05, 4.69) is 33.7 Å². The highest BCUT2D eigenvalue weighted by Crippen LogP contribution is 2.15. The number of carbonyl (C=O) groups excluding carboxylic acids is 2. The van der Waals surface area contributed by atoms with Crippen LogP contribution in [0.4, 0.5) is 0 Å². The van der Waals surface area contributed by atoms with Gasteiger partial charge in [0, 0.05) is 10.0 Å². The molecule has 120 valence electrons. The molecule has 2 rings (SSSR count). The number of amides is 2. The first kappa shape index (κ1) is 17.2. The smallest absolute Gasteiger partial charge is 0.267 e. The summed E-state index contributed by atoms with van der Waals surface area (Å²) in [7, 11) is 0. The number of unbranched alkanes of at least 4 members (excludes halogenated alkanes) is 1. The molecule has 0 aromatic heterocycles. The molecule has 2 aromatic rings. The average molecular weight is 375 g/mol. The lowest BCUT2D eigenvalue weighted by atomic mass is 10.1. The van der Waals surface area contributed by atoms with Gasteiger partial charge in [0.1, 0.15) is 0 Å². The second-order valence-electron chi connectivity index (χ2n) is 5.19. The summed E-state index contributed by atoms with van der Waals surface area (Å²) in [6.07, 6.45) is 3.29. The predicted octanol–water partition coefficient (Wildman–Crippen LogP) is 3.87. The monoisotopic (exact) mass is 374 g/mol. The fourth-order valence-electron chi connectivity index (χ4n) is 2.10. The second-order valence-corrected chi connectivity index (χ2v) is 6.04. The summed E-state index contributed by atoms with van der Waals surface area (Å²) in [6, 6.07) is 14.5. The Morgan fingerprint density at radius 2 is 1.61 bits per heavy atom. The molecule has 2 aromatic carbocycles. The van der Waals surface area contributed by atoms with Crippen LogP contribution in [-0.2, 0) is 6.42 Å². The third-order valence-corrected chi connectivity index (χ3v) is 4.13. The third-order valence-electron chi connectivity index (χ3n) is 3.44. The van der Waals surface area contributed by atoms with Gasteiger partial charge in [-0.15, -0.1) is 0 Å². The number of hydrogen-bond acceptors (Lipinski definition) is 2. The Morgan fingerprint density at radius 3 is 2.26 bits per heavy atom. The maximum absolute atomic E-state index is 12.1. The first-order chi connectivity index (χ1) is 11.1. The summed E-state index contributed by atoms with van der Waals surface area (Å²) < 4.78 is 0.673. The lowest BCUT2D eigenvalue weighted by molar-refractivity contribution is 0.0846. The van der Waals surface area contributed by atoms with Crippen molar-refractivity contribution in [3.8, 4) is 0 Å². The molecule has 2 N–H and O–H groups in total. The molecule has 0 heterocycles. The van der Waals surface area contributed by atoms with Crippen LogP contribution in [-0.4, -0.2) is 11.8 Å². The van der Waals surface area contributed by atoms with E-state index in [1.807, 2.05) is 18.2 Å². The van der Waals surface area contributed by atoms with Crippen molar-refractivity contribution in [3.63, 3.8) is 0 Å². The van der Waals surface area contributed by atoms with Crippen LogP contribution >= 0.6 is 15.9 Å². The van der Waals surface area contributed by atoms with Gasteiger partial charge in [-0.25, -0.2) is 0 Å². The van der Waals surface area contributed by atoms with E-state index in [0.717, 1.165) is 19.3 Å². The molecule has 2 amide bonds. The van der Waals surface area contributed by atoms with Crippen LogP contribution in [0.15, 0.2) is 53.0 Å². The van der Waals surface area contributed by atoms with Crippen molar-refractivity contribution in [2.24, 2.45) is 0 Å². The van der Waals surface area contributed by atoms with Crippen LogP contribution in [0.25, 0.3) is 0 Å². The number of nitrogens with one attached hydrogen (secondary N) is 2. The SMILES string of the molecule is CCCCc1ccc(C(=O)NNC(=O)c2ccccc2Br)cc1. The van der Waals surface area contributed by atoms with E-state index in [-0.39, 0.29) is 11.8 Å². The van der Waals surface area contributed by atoms with Gasteiger partial charge in [0.15, 0.2) is 0 Å². The minimum atomic E-state index is -0.370. The van der Waals surface area contributed by atoms with E-state index < -0.39 is 0 Å². The molecule has 5 heteroatoms. The number of halogens is 1. The maximum Gasteiger partial charge on any atom is 0.270 e. The number of hydrazine groups is 1. The normalized spacial score (nSPS) is 10.2. The minimum absolute atomic E-state index is 0.340. The van der Waals surface area contributed by atoms with Crippen molar-refractivity contribution in [2.75, 3.05) is 0 Å². The van der Waals surface area contributed by atoms with Crippen LogP contribution in [0.3, 0.4) is 0 Å². The zero-order valence-corrected chi connectivity index (χ0v) is 14.5. The molecule has 0 atom stereocenters. The number of hydrogen-bond donors (Lipinski definition) is 2.